The van der Waals surface area contributed by atoms with Crippen LogP contribution >= 0.6 is 31.8 Å². The molecule has 0 amide bonds. The maximum atomic E-state index is 13.2. The van der Waals surface area contributed by atoms with Crippen LogP contribution in [0, 0.1) is 0 Å². The lowest BCUT2D eigenvalue weighted by Crippen LogP contribution is -2.55. The Morgan fingerprint density at radius 3 is 1.16 bits per heavy atom. The highest BCUT2D eigenvalue weighted by Crippen LogP contribution is 2.50. The van der Waals surface area contributed by atoms with Crippen LogP contribution in [0.5, 0.6) is 0 Å². The molecule has 0 rings (SSSR count). The number of thioether (sulfide) groups is 2. The Morgan fingerprint density at radius 2 is 0.878 bits per heavy atom. The van der Waals surface area contributed by atoms with Crippen LogP contribution < -0.4 is 0 Å². The molecule has 0 aliphatic carbocycles. The number of hydrogen-bond acceptors (Lipinski definition) is 9. The fraction of sp³-hybridized carbons (Fsp3) is 1.00. The zero-order valence-corrected chi connectivity index (χ0v) is 25.5. The zero-order chi connectivity index (χ0) is 39.3. The summed E-state index contributed by atoms with van der Waals surface area (Å²) >= 11 is -1.46. The Labute approximate surface area is 269 Å². The summed E-state index contributed by atoms with van der Waals surface area (Å²) in [4.78, 5) is 8.21. The van der Waals surface area contributed by atoms with Gasteiger partial charge < -0.3 is 14.6 Å². The van der Waals surface area contributed by atoms with E-state index in [0.29, 0.717) is 0 Å². The average Bonchev–Trinajstić information content (AvgIpc) is 2.90. The van der Waals surface area contributed by atoms with E-state index < -0.39 is 129 Å². The highest BCUT2D eigenvalue weighted by atomic mass is 32.2. The van der Waals surface area contributed by atoms with Crippen molar-refractivity contribution in [3.05, 3.63) is 0 Å². The van der Waals surface area contributed by atoms with Gasteiger partial charge >= 0.3 is 55.2 Å². The molecule has 0 aliphatic rings. The van der Waals surface area contributed by atoms with E-state index in [1.54, 1.807) is 0 Å². The van der Waals surface area contributed by atoms with Gasteiger partial charge in [-0.3, -0.25) is 9.47 Å². The fourth-order valence-electron chi connectivity index (χ4n) is 1.92. The Hall–Kier alpha value is -0.880. The van der Waals surface area contributed by atoms with Gasteiger partial charge in [0.2, 0.25) is 0 Å². The second-order valence-corrected chi connectivity index (χ2v) is 11.1. The number of alkyl halides is 20. The lowest BCUT2D eigenvalue weighted by atomic mass is 10.3. The molecule has 31 heteroatoms. The molecule has 49 heavy (non-hydrogen) atoms. The number of aliphatic hydroxyl groups is 1. The van der Waals surface area contributed by atoms with Gasteiger partial charge in [0.1, 0.15) is 6.61 Å². The Bertz CT molecular complexity index is 975. The van der Waals surface area contributed by atoms with E-state index in [-0.39, 0.29) is 13.2 Å². The van der Waals surface area contributed by atoms with Crippen LogP contribution in [0.2, 0.25) is 0 Å². The second-order valence-electron chi connectivity index (χ2n) is 7.89. The molecule has 0 aromatic carbocycles. The standard InChI is InChI=1S/C9H9F10O5PS.C9H10F10O3S/c10-5(24-9(18,19)7(13,14)8(15,16)17)6(11,12)26-4-3-22-1-2-23-25(20)21;10-5(6(11,12)23-4-3-21-2-1-20)22-9(18,19)7(13,14)8(15,16)17/h5H,1-4H2;5,20H,1-4H2/p+1. The van der Waals surface area contributed by atoms with Gasteiger partial charge in [0.05, 0.1) is 33.0 Å². The molecule has 296 valence electrons. The summed E-state index contributed by atoms with van der Waals surface area (Å²) in [5.41, 5.74) is 0. The van der Waals surface area contributed by atoms with Gasteiger partial charge in [-0.15, -0.1) is 9.42 Å². The van der Waals surface area contributed by atoms with Crippen molar-refractivity contribution in [3.8, 4) is 0 Å². The van der Waals surface area contributed by atoms with Crippen LogP contribution in [-0.4, -0.2) is 121 Å². The molecular weight excluding hydrogens is 819 g/mol. The van der Waals surface area contributed by atoms with Crippen molar-refractivity contribution in [2.75, 3.05) is 51.1 Å². The van der Waals surface area contributed by atoms with Crippen LogP contribution in [0.15, 0.2) is 0 Å². The van der Waals surface area contributed by atoms with Crippen molar-refractivity contribution >= 4 is 31.8 Å². The highest BCUT2D eigenvalue weighted by Gasteiger charge is 2.77. The van der Waals surface area contributed by atoms with Crippen LogP contribution in [0.25, 0.3) is 0 Å². The SMILES string of the molecule is O=[P+](O)OCCOCCSC(F)(F)C(F)OC(F)(F)C(F)(F)C(F)(F)F.OCCOCCSC(F)(F)C(F)OC(F)(F)C(F)(F)C(F)(F)F. The maximum Gasteiger partial charge on any atom is 0.694 e. The number of halogens is 20. The van der Waals surface area contributed by atoms with Gasteiger partial charge in [0.25, 0.3) is 12.7 Å². The summed E-state index contributed by atoms with van der Waals surface area (Å²) in [6.45, 7) is -2.60. The average molecular weight is 839 g/mol. The summed E-state index contributed by atoms with van der Waals surface area (Å²) in [6, 6.07) is 0. The summed E-state index contributed by atoms with van der Waals surface area (Å²) in [6.07, 6.45) is -35.7. The molecule has 0 heterocycles. The predicted octanol–water partition coefficient (Wildman–Crippen LogP) is 7.52. The summed E-state index contributed by atoms with van der Waals surface area (Å²) in [5.74, 6) is -15.3. The molecule has 0 aliphatic heterocycles. The van der Waals surface area contributed by atoms with E-state index in [4.69, 9.17) is 10.00 Å². The Balaban J connectivity index is 0. The third-order valence-electron chi connectivity index (χ3n) is 4.18. The Kier molecular flexibility index (Phi) is 20.3. The van der Waals surface area contributed by atoms with E-state index in [2.05, 4.69) is 23.5 Å². The Morgan fingerprint density at radius 1 is 0.551 bits per heavy atom. The molecule has 2 N–H and O–H groups in total. The molecule has 0 spiro atoms. The van der Waals surface area contributed by atoms with Crippen molar-refractivity contribution in [1.29, 1.82) is 0 Å². The molecule has 0 aromatic heterocycles. The van der Waals surface area contributed by atoms with Gasteiger partial charge in [-0.1, -0.05) is 23.5 Å². The quantitative estimate of drug-likeness (QED) is 0.0647. The molecule has 0 saturated heterocycles. The van der Waals surface area contributed by atoms with E-state index in [1.165, 1.54) is 0 Å². The molecule has 0 bridgehead atoms. The van der Waals surface area contributed by atoms with Crippen LogP contribution in [0.1, 0.15) is 0 Å². The normalized spacial score (nSPS) is 15.8. The van der Waals surface area contributed by atoms with Gasteiger partial charge in [-0.05, 0) is 0 Å². The van der Waals surface area contributed by atoms with Crippen LogP contribution in [0.3, 0.4) is 0 Å². The molecule has 0 saturated carbocycles. The summed E-state index contributed by atoms with van der Waals surface area (Å²) in [5, 5.41) is -1.47. The molecule has 0 radical (unpaired) electrons. The number of hydrogen-bond donors (Lipinski definition) is 2. The number of aliphatic hydroxyl groups excluding tert-OH is 1. The molecule has 8 nitrogen and oxygen atoms in total. The lowest BCUT2D eigenvalue weighted by molar-refractivity contribution is -0.446. The van der Waals surface area contributed by atoms with Crippen LogP contribution in [0.4, 0.5) is 87.8 Å². The first-order valence-corrected chi connectivity index (χ1v) is 14.7. The van der Waals surface area contributed by atoms with Gasteiger partial charge in [-0.2, -0.15) is 79.0 Å². The van der Waals surface area contributed by atoms with Crippen LogP contribution in [-0.2, 0) is 28.0 Å². The molecule has 3 unspecified atom stereocenters. The third kappa shape index (κ3) is 16.6. The third-order valence-corrected chi connectivity index (χ3v) is 6.47. The largest absolute Gasteiger partial charge is 0.694 e. The second kappa shape index (κ2) is 19.8. The summed E-state index contributed by atoms with van der Waals surface area (Å²) < 4.78 is 277. The first kappa shape index (κ1) is 50.2. The van der Waals surface area contributed by atoms with E-state index in [1.807, 2.05) is 0 Å². The topological polar surface area (TPSA) is 104 Å². The van der Waals surface area contributed by atoms with Crippen molar-refractivity contribution in [2.24, 2.45) is 0 Å². The molecular formula is C18H20F20O8PS2+. The summed E-state index contributed by atoms with van der Waals surface area (Å²) in [7, 11) is -2.92. The monoisotopic (exact) mass is 839 g/mol. The van der Waals surface area contributed by atoms with E-state index >= 15 is 0 Å². The minimum atomic E-state index is -6.90. The fourth-order valence-corrected chi connectivity index (χ4v) is 3.46. The van der Waals surface area contributed by atoms with Gasteiger partial charge in [0.15, 0.2) is 0 Å². The minimum absolute atomic E-state index is 0.266. The predicted molar refractivity (Wildman–Crippen MR) is 123 cm³/mol. The highest BCUT2D eigenvalue weighted by molar-refractivity contribution is 8.00. The smallest absolute Gasteiger partial charge is 0.394 e. The van der Waals surface area contributed by atoms with Crippen molar-refractivity contribution in [3.63, 3.8) is 0 Å². The first-order valence-electron chi connectivity index (χ1n) is 11.6. The zero-order valence-electron chi connectivity index (χ0n) is 23.0. The van der Waals surface area contributed by atoms with Crippen molar-refractivity contribution < 1.29 is 126 Å². The van der Waals surface area contributed by atoms with Crippen molar-refractivity contribution in [2.45, 2.75) is 59.6 Å². The van der Waals surface area contributed by atoms with Crippen molar-refractivity contribution in [1.82, 2.24) is 0 Å². The van der Waals surface area contributed by atoms with E-state index in [9.17, 15) is 92.4 Å². The maximum absolute atomic E-state index is 13.2. The molecule has 0 fully saturated rings. The van der Waals surface area contributed by atoms with Gasteiger partial charge in [-0.25, -0.2) is 8.78 Å². The van der Waals surface area contributed by atoms with Gasteiger partial charge in [0, 0.05) is 16.1 Å². The number of rotatable bonds is 22. The number of ether oxygens (including phenoxy) is 4. The minimum Gasteiger partial charge on any atom is -0.394 e. The lowest BCUT2D eigenvalue weighted by Gasteiger charge is -2.30. The molecule has 0 aromatic rings. The first-order chi connectivity index (χ1) is 21.7. The molecule has 3 atom stereocenters. The van der Waals surface area contributed by atoms with E-state index in [0.717, 1.165) is 0 Å².